The van der Waals surface area contributed by atoms with Crippen LogP contribution in [0.25, 0.3) is 11.1 Å². The van der Waals surface area contributed by atoms with Crippen LogP contribution in [0.15, 0.2) is 65.2 Å². The lowest BCUT2D eigenvalue weighted by molar-refractivity contribution is -0.128. The number of halogens is 2. The molecule has 1 aliphatic rings. The molecule has 1 aliphatic heterocycles. The van der Waals surface area contributed by atoms with Gasteiger partial charge in [0.05, 0.1) is 5.56 Å². The van der Waals surface area contributed by atoms with Gasteiger partial charge in [0, 0.05) is 48.6 Å². The molecule has 168 valence electrons. The van der Waals surface area contributed by atoms with Gasteiger partial charge in [-0.2, -0.15) is 5.10 Å². The Morgan fingerprint density at radius 2 is 1.88 bits per heavy atom. The van der Waals surface area contributed by atoms with Crippen LogP contribution in [0.2, 0.25) is 0 Å². The number of aromatic amines is 1. The van der Waals surface area contributed by atoms with Crippen LogP contribution in [0, 0.1) is 18.6 Å². The molecule has 7 nitrogen and oxygen atoms in total. The maximum Gasteiger partial charge on any atom is 0.272 e. The number of anilines is 1. The number of nitrogens with zero attached hydrogens (tertiary/aromatic N) is 2. The van der Waals surface area contributed by atoms with Crippen LogP contribution in [-0.4, -0.2) is 34.0 Å². The Kier molecular flexibility index (Phi) is 5.87. The molecule has 3 aromatic rings. The molecule has 2 heterocycles. The summed E-state index contributed by atoms with van der Waals surface area (Å²) < 4.78 is 28.1. The van der Waals surface area contributed by atoms with E-state index in [1.807, 2.05) is 0 Å². The Balaban J connectivity index is 1.71. The zero-order valence-corrected chi connectivity index (χ0v) is 17.9. The molecule has 1 atom stereocenters. The van der Waals surface area contributed by atoms with Crippen molar-refractivity contribution in [1.82, 2.24) is 15.1 Å². The summed E-state index contributed by atoms with van der Waals surface area (Å²) in [4.78, 5) is 38.9. The van der Waals surface area contributed by atoms with Gasteiger partial charge in [0.2, 0.25) is 5.91 Å². The number of nitrogens with one attached hydrogen (secondary N) is 2. The molecule has 1 aromatic heterocycles. The Morgan fingerprint density at radius 3 is 2.58 bits per heavy atom. The highest BCUT2D eigenvalue weighted by molar-refractivity contribution is 6.07. The van der Waals surface area contributed by atoms with E-state index >= 15 is 0 Å². The van der Waals surface area contributed by atoms with Crippen LogP contribution in [0.3, 0.4) is 0 Å². The van der Waals surface area contributed by atoms with Gasteiger partial charge >= 0.3 is 0 Å². The lowest BCUT2D eigenvalue weighted by atomic mass is 9.85. The first-order chi connectivity index (χ1) is 15.7. The van der Waals surface area contributed by atoms with Gasteiger partial charge in [-0.1, -0.05) is 12.1 Å². The number of hydrogen-bond donors (Lipinski definition) is 2. The van der Waals surface area contributed by atoms with E-state index in [9.17, 15) is 23.2 Å². The number of carbonyl (C=O) groups is 2. The fourth-order valence-electron chi connectivity index (χ4n) is 3.74. The SMILES string of the molecule is Cc1c(F)cc(-c2ccn[nH]c2=O)cc1NC(=O)C1=CN(C)C(=O)C[C@H]1c1ccc(F)cc1. The summed E-state index contributed by atoms with van der Waals surface area (Å²) in [6.07, 6.45) is 2.83. The van der Waals surface area contributed by atoms with E-state index < -0.39 is 29.0 Å². The summed E-state index contributed by atoms with van der Waals surface area (Å²) in [7, 11) is 1.54. The number of benzene rings is 2. The molecular weight excluding hydrogens is 430 g/mol. The minimum absolute atomic E-state index is 0.0289. The second-order valence-electron chi connectivity index (χ2n) is 7.78. The quantitative estimate of drug-likeness (QED) is 0.636. The minimum Gasteiger partial charge on any atom is -0.322 e. The van der Waals surface area contributed by atoms with Gasteiger partial charge in [-0.3, -0.25) is 14.4 Å². The van der Waals surface area contributed by atoms with Crippen LogP contribution < -0.4 is 10.9 Å². The van der Waals surface area contributed by atoms with E-state index in [1.165, 1.54) is 73.7 Å². The van der Waals surface area contributed by atoms with Crippen molar-refractivity contribution in [3.05, 3.63) is 93.5 Å². The molecule has 4 rings (SSSR count). The van der Waals surface area contributed by atoms with Crippen LogP contribution in [-0.2, 0) is 9.59 Å². The van der Waals surface area contributed by atoms with Crippen LogP contribution in [0.5, 0.6) is 0 Å². The predicted octanol–water partition coefficient (Wildman–Crippen LogP) is 3.49. The van der Waals surface area contributed by atoms with Crippen molar-refractivity contribution in [2.45, 2.75) is 19.3 Å². The molecule has 0 saturated carbocycles. The van der Waals surface area contributed by atoms with Crippen molar-refractivity contribution >= 4 is 17.5 Å². The fraction of sp³-hybridized carbons (Fsp3) is 0.167. The molecular formula is C24H20F2N4O3. The number of amides is 2. The highest BCUT2D eigenvalue weighted by Crippen LogP contribution is 2.34. The number of rotatable bonds is 4. The first-order valence-electron chi connectivity index (χ1n) is 10.1. The second-order valence-corrected chi connectivity index (χ2v) is 7.78. The average Bonchev–Trinajstić information content (AvgIpc) is 2.79. The number of hydrogen-bond acceptors (Lipinski definition) is 4. The standard InChI is InChI=1S/C24H20F2N4O3/c1-13-20(26)9-15(17-7-8-27-29-24(17)33)10-21(13)28-23(32)19-12-30(2)22(31)11-18(19)14-3-5-16(25)6-4-14/h3-10,12,18H,11H2,1-2H3,(H,28,32)(H,29,33)/t18-/m0/s1. The summed E-state index contributed by atoms with van der Waals surface area (Å²) >= 11 is 0. The monoisotopic (exact) mass is 450 g/mol. The second kappa shape index (κ2) is 8.78. The lowest BCUT2D eigenvalue weighted by Crippen LogP contribution is -2.33. The Bertz CT molecular complexity index is 1330. The highest BCUT2D eigenvalue weighted by Gasteiger charge is 2.31. The Labute approximate surface area is 187 Å². The fourth-order valence-corrected chi connectivity index (χ4v) is 3.74. The summed E-state index contributed by atoms with van der Waals surface area (Å²) in [5.74, 6) is -2.35. The molecule has 0 bridgehead atoms. The average molecular weight is 450 g/mol. The van der Waals surface area contributed by atoms with Crippen molar-refractivity contribution in [2.75, 3.05) is 12.4 Å². The van der Waals surface area contributed by atoms with E-state index in [0.29, 0.717) is 5.56 Å². The van der Waals surface area contributed by atoms with Gasteiger partial charge in [0.25, 0.3) is 11.5 Å². The molecule has 0 unspecified atom stereocenters. The van der Waals surface area contributed by atoms with Gasteiger partial charge in [0.1, 0.15) is 11.6 Å². The van der Waals surface area contributed by atoms with Crippen molar-refractivity contribution < 1.29 is 18.4 Å². The third-order valence-electron chi connectivity index (χ3n) is 5.64. The van der Waals surface area contributed by atoms with Gasteiger partial charge in [-0.05, 0) is 48.4 Å². The summed E-state index contributed by atoms with van der Waals surface area (Å²) in [5, 5.41) is 8.64. The molecule has 9 heteroatoms. The molecule has 0 spiro atoms. The molecule has 2 aromatic carbocycles. The lowest BCUT2D eigenvalue weighted by Gasteiger charge is -2.28. The van der Waals surface area contributed by atoms with Crippen LogP contribution >= 0.6 is 0 Å². The molecule has 2 N–H and O–H groups in total. The van der Waals surface area contributed by atoms with E-state index in [4.69, 9.17) is 0 Å². The van der Waals surface area contributed by atoms with E-state index in [1.54, 1.807) is 0 Å². The zero-order valence-electron chi connectivity index (χ0n) is 17.9. The number of H-pyrrole nitrogens is 1. The van der Waals surface area contributed by atoms with E-state index in [0.717, 1.165) is 0 Å². The molecule has 0 saturated heterocycles. The van der Waals surface area contributed by atoms with E-state index in [-0.39, 0.29) is 40.3 Å². The summed E-state index contributed by atoms with van der Waals surface area (Å²) in [6.45, 7) is 1.51. The first kappa shape index (κ1) is 22.1. The van der Waals surface area contributed by atoms with Gasteiger partial charge in [0.15, 0.2) is 0 Å². The normalized spacial score (nSPS) is 15.9. The zero-order chi connectivity index (χ0) is 23.7. The number of aromatic nitrogens is 2. The summed E-state index contributed by atoms with van der Waals surface area (Å²) in [5.41, 5.74) is 1.24. The van der Waals surface area contributed by atoms with E-state index in [2.05, 4.69) is 15.5 Å². The first-order valence-corrected chi connectivity index (χ1v) is 10.1. The van der Waals surface area contributed by atoms with Crippen molar-refractivity contribution in [3.8, 4) is 11.1 Å². The molecule has 33 heavy (non-hydrogen) atoms. The maximum atomic E-state index is 14.7. The van der Waals surface area contributed by atoms with Gasteiger partial charge < -0.3 is 10.2 Å². The molecule has 0 aliphatic carbocycles. The third kappa shape index (κ3) is 4.43. The number of carbonyl (C=O) groups excluding carboxylic acids is 2. The molecule has 2 amide bonds. The highest BCUT2D eigenvalue weighted by atomic mass is 19.1. The topological polar surface area (TPSA) is 95.2 Å². The molecule has 0 radical (unpaired) electrons. The van der Waals surface area contributed by atoms with Crippen molar-refractivity contribution in [3.63, 3.8) is 0 Å². The van der Waals surface area contributed by atoms with Gasteiger partial charge in [-0.25, -0.2) is 13.9 Å². The predicted molar refractivity (Wildman–Crippen MR) is 118 cm³/mol. The van der Waals surface area contributed by atoms with Gasteiger partial charge in [-0.15, -0.1) is 0 Å². The summed E-state index contributed by atoms with van der Waals surface area (Å²) in [6, 6.07) is 9.76. The largest absolute Gasteiger partial charge is 0.322 e. The van der Waals surface area contributed by atoms with Crippen LogP contribution in [0.4, 0.5) is 14.5 Å². The van der Waals surface area contributed by atoms with Crippen LogP contribution in [0.1, 0.15) is 23.5 Å². The third-order valence-corrected chi connectivity index (χ3v) is 5.64. The maximum absolute atomic E-state index is 14.7. The minimum atomic E-state index is -0.598. The Morgan fingerprint density at radius 1 is 1.15 bits per heavy atom. The smallest absolute Gasteiger partial charge is 0.272 e. The van der Waals surface area contributed by atoms with Crippen molar-refractivity contribution in [1.29, 1.82) is 0 Å². The Hall–Kier alpha value is -4.14. The molecule has 0 fully saturated rings. The van der Waals surface area contributed by atoms with Crippen molar-refractivity contribution in [2.24, 2.45) is 0 Å².